The van der Waals surface area contributed by atoms with Gasteiger partial charge in [0.25, 0.3) is 0 Å². The first-order valence-electron chi connectivity index (χ1n) is 19.0. The van der Waals surface area contributed by atoms with E-state index in [1.165, 1.54) is 75.8 Å². The van der Waals surface area contributed by atoms with Crippen molar-refractivity contribution in [2.45, 2.75) is 5.41 Å². The first kappa shape index (κ1) is 31.4. The maximum Gasteiger partial charge on any atom is 0.164 e. The van der Waals surface area contributed by atoms with Crippen molar-refractivity contribution in [3.63, 3.8) is 0 Å². The zero-order valence-electron chi connectivity index (χ0n) is 30.1. The lowest BCUT2D eigenvalue weighted by molar-refractivity contribution is 0.775. The molecule has 0 unspecified atom stereocenters. The second-order valence-electron chi connectivity index (χ2n) is 14.7. The molecule has 12 rings (SSSR count). The monoisotopic (exact) mass is 729 g/mol. The molecule has 0 atom stereocenters. The summed E-state index contributed by atoms with van der Waals surface area (Å²) < 4.78 is 2.50. The average Bonchev–Trinajstić information content (AvgIpc) is 3.76. The molecule has 56 heavy (non-hydrogen) atoms. The molecular formula is C52H31N3S. The van der Waals surface area contributed by atoms with E-state index >= 15 is 0 Å². The Morgan fingerprint density at radius 2 is 0.750 bits per heavy atom. The van der Waals surface area contributed by atoms with E-state index in [0.29, 0.717) is 17.5 Å². The van der Waals surface area contributed by atoms with Gasteiger partial charge in [-0.3, -0.25) is 0 Å². The topological polar surface area (TPSA) is 38.7 Å². The van der Waals surface area contributed by atoms with Crippen LogP contribution in [0, 0.1) is 0 Å². The van der Waals surface area contributed by atoms with Crippen LogP contribution in [0.2, 0.25) is 0 Å². The summed E-state index contributed by atoms with van der Waals surface area (Å²) in [7, 11) is 0. The summed E-state index contributed by atoms with van der Waals surface area (Å²) in [5.74, 6) is 1.97. The Bertz CT molecular complexity index is 3150. The van der Waals surface area contributed by atoms with E-state index in [-0.39, 0.29) is 0 Å². The molecule has 2 aliphatic rings. The highest BCUT2D eigenvalue weighted by Crippen LogP contribution is 2.61. The van der Waals surface area contributed by atoms with Crippen molar-refractivity contribution in [2.24, 2.45) is 0 Å². The Labute approximate surface area is 328 Å². The summed E-state index contributed by atoms with van der Waals surface area (Å²) in [6, 6.07) is 68.1. The second kappa shape index (κ2) is 12.0. The van der Waals surface area contributed by atoms with E-state index in [1.54, 1.807) is 11.3 Å². The molecule has 2 heterocycles. The van der Waals surface area contributed by atoms with Crippen molar-refractivity contribution in [3.05, 3.63) is 210 Å². The van der Waals surface area contributed by atoms with Crippen LogP contribution in [0.5, 0.6) is 0 Å². The van der Waals surface area contributed by atoms with Gasteiger partial charge in [0.05, 0.1) is 5.41 Å². The highest BCUT2D eigenvalue weighted by atomic mass is 32.1. The third-order valence-electron chi connectivity index (χ3n) is 11.8. The van der Waals surface area contributed by atoms with Crippen molar-refractivity contribution in [2.75, 3.05) is 0 Å². The number of hydrogen-bond acceptors (Lipinski definition) is 4. The third-order valence-corrected chi connectivity index (χ3v) is 12.9. The van der Waals surface area contributed by atoms with Gasteiger partial charge in [0.15, 0.2) is 17.5 Å². The predicted octanol–water partition coefficient (Wildman–Crippen LogP) is 13.3. The van der Waals surface area contributed by atoms with Gasteiger partial charge in [0, 0.05) is 36.9 Å². The van der Waals surface area contributed by atoms with Crippen molar-refractivity contribution in [1.29, 1.82) is 0 Å². The summed E-state index contributed by atoms with van der Waals surface area (Å²) in [4.78, 5) is 15.5. The van der Waals surface area contributed by atoms with Gasteiger partial charge in [-0.25, -0.2) is 15.0 Å². The van der Waals surface area contributed by atoms with Crippen LogP contribution in [0.25, 0.3) is 87.7 Å². The van der Waals surface area contributed by atoms with Gasteiger partial charge in [-0.15, -0.1) is 11.3 Å². The molecule has 0 radical (unpaired) electrons. The van der Waals surface area contributed by atoms with Crippen molar-refractivity contribution >= 4 is 31.5 Å². The van der Waals surface area contributed by atoms with Crippen LogP contribution in [0.3, 0.4) is 0 Å². The first-order valence-corrected chi connectivity index (χ1v) is 19.8. The predicted molar refractivity (Wildman–Crippen MR) is 231 cm³/mol. The molecule has 0 amide bonds. The largest absolute Gasteiger partial charge is 0.208 e. The molecule has 0 aliphatic heterocycles. The smallest absolute Gasteiger partial charge is 0.164 e. The minimum atomic E-state index is -0.532. The molecule has 0 saturated heterocycles. The van der Waals surface area contributed by atoms with E-state index in [9.17, 15) is 0 Å². The van der Waals surface area contributed by atoms with Gasteiger partial charge in [-0.05, 0) is 73.8 Å². The standard InChI is InChI=1S/C52H31N3S/c1-2-14-32(15-3-1)49-53-50(55-51(54-49)34-26-28-41-40-21-9-13-25-47(40)56-48(41)31-34)33-27-29-46-42(30-33)39-20-8-12-24-45(39)52(46)43-22-10-6-18-37(43)35-16-4-5-17-36(35)38-19-7-11-23-44(38)52/h1-31H. The SMILES string of the molecule is c1ccc(-c2nc(-c3ccc4c(c3)-c3ccccc3C43c4ccccc4-c4ccccc4-c4ccccc43)nc(-c3ccc4c(c3)sc3ccccc34)n2)cc1. The fourth-order valence-electron chi connectivity index (χ4n) is 9.41. The highest BCUT2D eigenvalue weighted by Gasteiger charge is 2.49. The number of benzene rings is 8. The lowest BCUT2D eigenvalue weighted by Crippen LogP contribution is -2.29. The van der Waals surface area contributed by atoms with Gasteiger partial charge in [-0.1, -0.05) is 170 Å². The van der Waals surface area contributed by atoms with Crippen LogP contribution < -0.4 is 0 Å². The molecule has 2 aliphatic carbocycles. The maximum absolute atomic E-state index is 5.24. The molecule has 1 spiro atoms. The number of hydrogen-bond donors (Lipinski definition) is 0. The van der Waals surface area contributed by atoms with E-state index in [2.05, 4.69) is 170 Å². The zero-order valence-corrected chi connectivity index (χ0v) is 31.0. The van der Waals surface area contributed by atoms with Crippen LogP contribution in [-0.2, 0) is 5.41 Å². The number of nitrogens with zero attached hydrogens (tertiary/aromatic N) is 3. The van der Waals surface area contributed by atoms with Gasteiger partial charge in [-0.2, -0.15) is 0 Å². The minimum absolute atomic E-state index is 0.532. The molecular weight excluding hydrogens is 699 g/mol. The fraction of sp³-hybridized carbons (Fsp3) is 0.0192. The van der Waals surface area contributed by atoms with Crippen LogP contribution in [-0.4, -0.2) is 15.0 Å². The Kier molecular flexibility index (Phi) is 6.72. The van der Waals surface area contributed by atoms with Crippen molar-refractivity contribution in [1.82, 2.24) is 15.0 Å². The van der Waals surface area contributed by atoms with E-state index < -0.39 is 5.41 Å². The van der Waals surface area contributed by atoms with Crippen LogP contribution in [0.4, 0.5) is 0 Å². The van der Waals surface area contributed by atoms with E-state index in [0.717, 1.165) is 16.7 Å². The highest BCUT2D eigenvalue weighted by molar-refractivity contribution is 7.25. The van der Waals surface area contributed by atoms with E-state index in [1.807, 2.05) is 18.2 Å². The van der Waals surface area contributed by atoms with Crippen LogP contribution in [0.15, 0.2) is 188 Å². The summed E-state index contributed by atoms with van der Waals surface area (Å²) >= 11 is 1.81. The van der Waals surface area contributed by atoms with Crippen LogP contribution >= 0.6 is 11.3 Å². The second-order valence-corrected chi connectivity index (χ2v) is 15.8. The molecule has 4 heteroatoms. The molecule has 10 aromatic rings. The van der Waals surface area contributed by atoms with E-state index in [4.69, 9.17) is 15.0 Å². The first-order chi connectivity index (χ1) is 27.8. The number of aromatic nitrogens is 3. The molecule has 3 nitrogen and oxygen atoms in total. The van der Waals surface area contributed by atoms with Gasteiger partial charge in [0.1, 0.15) is 0 Å². The number of rotatable bonds is 3. The van der Waals surface area contributed by atoms with Gasteiger partial charge < -0.3 is 0 Å². The Morgan fingerprint density at radius 3 is 1.39 bits per heavy atom. The molecule has 260 valence electrons. The van der Waals surface area contributed by atoms with Crippen LogP contribution in [0.1, 0.15) is 22.3 Å². The quantitative estimate of drug-likeness (QED) is 0.182. The molecule has 2 aromatic heterocycles. The Balaban J connectivity index is 1.10. The number of fused-ring (bicyclic) bond motifs is 15. The normalized spacial score (nSPS) is 13.1. The molecule has 8 aromatic carbocycles. The summed E-state index contributed by atoms with van der Waals surface area (Å²) in [6.45, 7) is 0. The van der Waals surface area contributed by atoms with Gasteiger partial charge >= 0.3 is 0 Å². The number of thiophene rings is 1. The van der Waals surface area contributed by atoms with Crippen molar-refractivity contribution in [3.8, 4) is 67.5 Å². The summed E-state index contributed by atoms with van der Waals surface area (Å²) in [5, 5.41) is 2.53. The summed E-state index contributed by atoms with van der Waals surface area (Å²) in [5.41, 5.74) is 15.0. The summed E-state index contributed by atoms with van der Waals surface area (Å²) in [6.07, 6.45) is 0. The van der Waals surface area contributed by atoms with Crippen molar-refractivity contribution < 1.29 is 0 Å². The fourth-order valence-corrected chi connectivity index (χ4v) is 10.6. The lowest BCUT2D eigenvalue weighted by Gasteiger charge is -2.35. The Hall–Kier alpha value is -7.01. The lowest BCUT2D eigenvalue weighted by atomic mass is 9.66. The minimum Gasteiger partial charge on any atom is -0.208 e. The third kappa shape index (κ3) is 4.42. The zero-order chi connectivity index (χ0) is 36.8. The molecule has 0 bridgehead atoms. The molecule has 0 N–H and O–H groups in total. The maximum atomic E-state index is 5.24. The molecule has 0 fully saturated rings. The molecule has 0 saturated carbocycles. The Morgan fingerprint density at radius 1 is 0.304 bits per heavy atom. The van der Waals surface area contributed by atoms with Gasteiger partial charge in [0.2, 0.25) is 0 Å². The average molecular weight is 730 g/mol.